The van der Waals surface area contributed by atoms with Gasteiger partial charge in [0.15, 0.2) is 0 Å². The number of hydrogen-bond acceptors (Lipinski definition) is 2. The van der Waals surface area contributed by atoms with Gasteiger partial charge in [-0.3, -0.25) is 0 Å². The number of halogens is 1. The van der Waals surface area contributed by atoms with Crippen molar-refractivity contribution in [3.8, 4) is 5.75 Å². The number of nitrogens with two attached hydrogens (primary N) is 1. The zero-order valence-corrected chi connectivity index (χ0v) is 10.5. The summed E-state index contributed by atoms with van der Waals surface area (Å²) in [4.78, 5) is 0. The van der Waals surface area contributed by atoms with Gasteiger partial charge in [-0.2, -0.15) is 0 Å². The fourth-order valence-corrected chi connectivity index (χ4v) is 1.68. The van der Waals surface area contributed by atoms with Crippen LogP contribution in [0.2, 0.25) is 0 Å². The normalized spacial score (nSPS) is 12.2. The summed E-state index contributed by atoms with van der Waals surface area (Å²) in [5, 5.41) is 0. The Labute approximate surface area is 99.3 Å². The maximum atomic E-state index is 5.63. The van der Waals surface area contributed by atoms with Gasteiger partial charge in [0.1, 0.15) is 11.9 Å². The van der Waals surface area contributed by atoms with E-state index in [1.165, 1.54) is 5.56 Å². The minimum atomic E-state index is 0.0249. The van der Waals surface area contributed by atoms with Crippen molar-refractivity contribution in [1.82, 2.24) is 0 Å². The van der Waals surface area contributed by atoms with Crippen LogP contribution in [0.3, 0.4) is 0 Å². The van der Waals surface area contributed by atoms with Gasteiger partial charge in [-0.1, -0.05) is 28.6 Å². The van der Waals surface area contributed by atoms with Crippen LogP contribution in [0.1, 0.15) is 12.5 Å². The molecule has 2 nitrogen and oxygen atoms in total. The van der Waals surface area contributed by atoms with Crippen LogP contribution in [-0.2, 0) is 6.42 Å². The van der Waals surface area contributed by atoms with E-state index in [-0.39, 0.29) is 6.10 Å². The highest BCUT2D eigenvalue weighted by Crippen LogP contribution is 2.23. The van der Waals surface area contributed by atoms with Gasteiger partial charge >= 0.3 is 0 Å². The molecule has 1 unspecified atom stereocenters. The first kappa shape index (κ1) is 12.3. The Morgan fingerprint density at radius 2 is 2.33 bits per heavy atom. The molecule has 0 fully saturated rings. The van der Waals surface area contributed by atoms with Gasteiger partial charge in [0.25, 0.3) is 0 Å². The molecule has 0 heterocycles. The van der Waals surface area contributed by atoms with Crippen LogP contribution in [-0.4, -0.2) is 12.6 Å². The molecule has 0 bridgehead atoms. The first-order valence-corrected chi connectivity index (χ1v) is 5.74. The second-order valence-corrected chi connectivity index (χ2v) is 4.20. The second-order valence-electron chi connectivity index (χ2n) is 3.35. The Bertz CT molecular complexity index is 338. The van der Waals surface area contributed by atoms with Gasteiger partial charge in [0, 0.05) is 4.47 Å². The molecule has 15 heavy (non-hydrogen) atoms. The average molecular weight is 270 g/mol. The third-order valence-electron chi connectivity index (χ3n) is 2.08. The molecular weight excluding hydrogens is 254 g/mol. The lowest BCUT2D eigenvalue weighted by molar-refractivity contribution is 0.270. The zero-order chi connectivity index (χ0) is 11.3. The summed E-state index contributed by atoms with van der Waals surface area (Å²) in [7, 11) is 0. The number of hydrogen-bond donors (Lipinski definition) is 1. The van der Waals surface area contributed by atoms with Gasteiger partial charge in [-0.15, -0.1) is 0 Å². The summed E-state index contributed by atoms with van der Waals surface area (Å²) in [5.41, 5.74) is 6.70. The van der Waals surface area contributed by atoms with E-state index in [1.807, 2.05) is 25.1 Å². The molecule has 82 valence electrons. The van der Waals surface area contributed by atoms with E-state index in [2.05, 4.69) is 22.5 Å². The van der Waals surface area contributed by atoms with Crippen molar-refractivity contribution in [3.05, 3.63) is 40.9 Å². The van der Waals surface area contributed by atoms with Crippen LogP contribution in [0.25, 0.3) is 0 Å². The van der Waals surface area contributed by atoms with Gasteiger partial charge in [-0.05, 0) is 43.7 Å². The Hall–Kier alpha value is -0.800. The lowest BCUT2D eigenvalue weighted by Gasteiger charge is -2.12. The second kappa shape index (κ2) is 5.93. The predicted octanol–water partition coefficient (Wildman–Crippen LogP) is 2.90. The van der Waals surface area contributed by atoms with E-state index < -0.39 is 0 Å². The zero-order valence-electron chi connectivity index (χ0n) is 8.87. The molecule has 0 spiro atoms. The monoisotopic (exact) mass is 269 g/mol. The molecule has 1 aromatic carbocycles. The first-order chi connectivity index (χ1) is 7.17. The molecule has 1 aromatic rings. The van der Waals surface area contributed by atoms with Crippen LogP contribution < -0.4 is 10.5 Å². The molecule has 0 saturated heterocycles. The number of benzene rings is 1. The Kier molecular flexibility index (Phi) is 4.85. The van der Waals surface area contributed by atoms with E-state index in [1.54, 1.807) is 6.08 Å². The van der Waals surface area contributed by atoms with Crippen LogP contribution in [0.5, 0.6) is 5.75 Å². The molecule has 1 rings (SSSR count). The van der Waals surface area contributed by atoms with E-state index in [4.69, 9.17) is 10.5 Å². The lowest BCUT2D eigenvalue weighted by Crippen LogP contribution is -2.08. The quantitative estimate of drug-likeness (QED) is 0.835. The Morgan fingerprint density at radius 3 is 2.93 bits per heavy atom. The molecule has 0 radical (unpaired) electrons. The standard InChI is InChI=1S/C12H16BrNO/c1-3-9(2)15-11-4-5-12(13)10(8-11)6-7-14/h3-5,8-9H,1,6-7,14H2,2H3. The molecular formula is C12H16BrNO. The summed E-state index contributed by atoms with van der Waals surface area (Å²) in [6.07, 6.45) is 2.64. The van der Waals surface area contributed by atoms with Crippen LogP contribution in [0.4, 0.5) is 0 Å². The highest BCUT2D eigenvalue weighted by atomic mass is 79.9. The van der Waals surface area contributed by atoms with Crippen molar-refractivity contribution in [3.63, 3.8) is 0 Å². The van der Waals surface area contributed by atoms with E-state index in [0.29, 0.717) is 6.54 Å². The van der Waals surface area contributed by atoms with Crippen molar-refractivity contribution < 1.29 is 4.74 Å². The minimum absolute atomic E-state index is 0.0249. The predicted molar refractivity (Wildman–Crippen MR) is 67.2 cm³/mol. The summed E-state index contributed by atoms with van der Waals surface area (Å²) in [6, 6.07) is 5.93. The Balaban J connectivity index is 2.82. The lowest BCUT2D eigenvalue weighted by atomic mass is 10.1. The molecule has 0 saturated carbocycles. The fourth-order valence-electron chi connectivity index (χ4n) is 1.23. The summed E-state index contributed by atoms with van der Waals surface area (Å²) in [5.74, 6) is 0.856. The maximum Gasteiger partial charge on any atom is 0.120 e. The highest BCUT2D eigenvalue weighted by Gasteiger charge is 2.03. The molecule has 0 aliphatic carbocycles. The number of ether oxygens (including phenoxy) is 1. The number of rotatable bonds is 5. The topological polar surface area (TPSA) is 35.2 Å². The molecule has 0 aliphatic heterocycles. The fraction of sp³-hybridized carbons (Fsp3) is 0.333. The van der Waals surface area contributed by atoms with Crippen molar-refractivity contribution in [2.24, 2.45) is 5.73 Å². The van der Waals surface area contributed by atoms with Gasteiger partial charge in [0.05, 0.1) is 0 Å². The largest absolute Gasteiger partial charge is 0.487 e. The van der Waals surface area contributed by atoms with E-state index >= 15 is 0 Å². The van der Waals surface area contributed by atoms with Gasteiger partial charge in [0.2, 0.25) is 0 Å². The summed E-state index contributed by atoms with van der Waals surface area (Å²) >= 11 is 3.48. The van der Waals surface area contributed by atoms with Crippen molar-refractivity contribution >= 4 is 15.9 Å². The van der Waals surface area contributed by atoms with E-state index in [9.17, 15) is 0 Å². The Morgan fingerprint density at radius 1 is 1.60 bits per heavy atom. The average Bonchev–Trinajstić information content (AvgIpc) is 2.23. The van der Waals surface area contributed by atoms with Crippen molar-refractivity contribution in [2.75, 3.05) is 6.54 Å². The van der Waals surface area contributed by atoms with Gasteiger partial charge < -0.3 is 10.5 Å². The van der Waals surface area contributed by atoms with Gasteiger partial charge in [-0.25, -0.2) is 0 Å². The minimum Gasteiger partial charge on any atom is -0.487 e. The molecule has 1 atom stereocenters. The molecule has 0 amide bonds. The molecule has 3 heteroatoms. The van der Waals surface area contributed by atoms with E-state index in [0.717, 1.165) is 16.6 Å². The van der Waals surface area contributed by atoms with Crippen LogP contribution in [0, 0.1) is 0 Å². The molecule has 0 aromatic heterocycles. The van der Waals surface area contributed by atoms with Crippen molar-refractivity contribution in [1.29, 1.82) is 0 Å². The highest BCUT2D eigenvalue weighted by molar-refractivity contribution is 9.10. The SMILES string of the molecule is C=CC(C)Oc1ccc(Br)c(CCN)c1. The maximum absolute atomic E-state index is 5.63. The first-order valence-electron chi connectivity index (χ1n) is 4.95. The van der Waals surface area contributed by atoms with Crippen molar-refractivity contribution in [2.45, 2.75) is 19.4 Å². The smallest absolute Gasteiger partial charge is 0.120 e. The molecule has 2 N–H and O–H groups in total. The van der Waals surface area contributed by atoms with Crippen LogP contribution in [0.15, 0.2) is 35.3 Å². The summed E-state index contributed by atoms with van der Waals surface area (Å²) < 4.78 is 6.70. The third kappa shape index (κ3) is 3.68. The summed E-state index contributed by atoms with van der Waals surface area (Å²) in [6.45, 7) is 6.27. The molecule has 0 aliphatic rings. The third-order valence-corrected chi connectivity index (χ3v) is 2.86. The van der Waals surface area contributed by atoms with Crippen LogP contribution >= 0.6 is 15.9 Å².